The number of allylic oxidation sites excluding steroid dienone is 1. The van der Waals surface area contributed by atoms with Crippen LogP contribution in [0.15, 0.2) is 28.7 Å². The van der Waals surface area contributed by atoms with Gasteiger partial charge in [-0.15, -0.1) is 0 Å². The fourth-order valence-corrected chi connectivity index (χ4v) is 1.16. The van der Waals surface area contributed by atoms with Gasteiger partial charge < -0.3 is 5.11 Å². The number of rotatable bonds is 1. The highest BCUT2D eigenvalue weighted by Gasteiger charge is 1.95. The van der Waals surface area contributed by atoms with Crippen molar-refractivity contribution in [2.24, 2.45) is 0 Å². The van der Waals surface area contributed by atoms with Gasteiger partial charge in [0.1, 0.15) is 5.75 Å². The average molecular weight is 224 g/mol. The average Bonchev–Trinajstić information content (AvgIpc) is 2.07. The van der Waals surface area contributed by atoms with Crippen LogP contribution >= 0.6 is 15.9 Å². The van der Waals surface area contributed by atoms with E-state index in [0.717, 1.165) is 5.56 Å². The molecule has 2 nitrogen and oxygen atoms in total. The molecule has 1 rings (SSSR count). The molecule has 0 aliphatic heterocycles. The van der Waals surface area contributed by atoms with Gasteiger partial charge in [-0.3, -0.25) is 0 Å². The van der Waals surface area contributed by atoms with Crippen molar-refractivity contribution in [2.75, 3.05) is 0 Å². The fraction of sp³-hybridized carbons (Fsp3) is 0. The molecule has 0 aliphatic carbocycles. The van der Waals surface area contributed by atoms with Gasteiger partial charge in [0, 0.05) is 6.08 Å². The number of benzene rings is 1. The lowest BCUT2D eigenvalue weighted by Gasteiger charge is -1.96. The van der Waals surface area contributed by atoms with Gasteiger partial charge in [-0.2, -0.15) is 5.26 Å². The number of phenols is 1. The quantitative estimate of drug-likeness (QED) is 0.745. The lowest BCUT2D eigenvalue weighted by Crippen LogP contribution is -1.72. The fourth-order valence-electron chi connectivity index (χ4n) is 0.760. The molecule has 0 aliphatic rings. The Labute approximate surface area is 78.9 Å². The third-order valence-electron chi connectivity index (χ3n) is 1.32. The Kier molecular flexibility index (Phi) is 2.89. The first-order valence-corrected chi connectivity index (χ1v) is 4.08. The summed E-state index contributed by atoms with van der Waals surface area (Å²) in [6.45, 7) is 0. The molecule has 0 bridgehead atoms. The van der Waals surface area contributed by atoms with Crippen molar-refractivity contribution < 1.29 is 5.11 Å². The van der Waals surface area contributed by atoms with Crippen molar-refractivity contribution in [3.63, 3.8) is 0 Å². The Hall–Kier alpha value is -1.27. The summed E-state index contributed by atoms with van der Waals surface area (Å²) < 4.78 is 0.627. The molecule has 1 aromatic rings. The van der Waals surface area contributed by atoms with Crippen LogP contribution in [0.5, 0.6) is 5.75 Å². The van der Waals surface area contributed by atoms with Crippen LogP contribution in [0.4, 0.5) is 0 Å². The van der Waals surface area contributed by atoms with Crippen LogP contribution < -0.4 is 0 Å². The van der Waals surface area contributed by atoms with Crippen LogP contribution in [0.3, 0.4) is 0 Å². The standard InChI is InChI=1S/C9H6BrNO/c10-8-6-7(2-1-5-11)3-4-9(8)12/h1-4,6,12H. The van der Waals surface area contributed by atoms with Gasteiger partial charge in [0.2, 0.25) is 0 Å². The molecule has 1 N–H and O–H groups in total. The van der Waals surface area contributed by atoms with Gasteiger partial charge in [0.05, 0.1) is 10.5 Å². The van der Waals surface area contributed by atoms with E-state index in [-0.39, 0.29) is 5.75 Å². The zero-order valence-electron chi connectivity index (χ0n) is 6.16. The molecule has 0 amide bonds. The number of phenolic OH excluding ortho intramolecular Hbond substituents is 1. The molecule has 0 heterocycles. The molecular weight excluding hydrogens is 218 g/mol. The Balaban J connectivity index is 2.99. The van der Waals surface area contributed by atoms with Crippen molar-refractivity contribution in [3.05, 3.63) is 34.3 Å². The van der Waals surface area contributed by atoms with Crippen molar-refractivity contribution in [3.8, 4) is 11.8 Å². The molecule has 0 atom stereocenters. The first kappa shape index (κ1) is 8.82. The van der Waals surface area contributed by atoms with Crippen molar-refractivity contribution in [2.45, 2.75) is 0 Å². The summed E-state index contributed by atoms with van der Waals surface area (Å²) in [7, 11) is 0. The van der Waals surface area contributed by atoms with Crippen LogP contribution in [0.2, 0.25) is 0 Å². The van der Waals surface area contributed by atoms with E-state index in [1.807, 2.05) is 6.07 Å². The first-order chi connectivity index (χ1) is 5.74. The van der Waals surface area contributed by atoms with E-state index in [1.165, 1.54) is 6.08 Å². The number of aromatic hydroxyl groups is 1. The van der Waals surface area contributed by atoms with Gasteiger partial charge in [-0.25, -0.2) is 0 Å². The SMILES string of the molecule is N#CC=Cc1ccc(O)c(Br)c1. The zero-order chi connectivity index (χ0) is 8.97. The number of nitrogens with zero attached hydrogens (tertiary/aromatic N) is 1. The maximum atomic E-state index is 9.13. The van der Waals surface area contributed by atoms with Gasteiger partial charge in [-0.1, -0.05) is 6.07 Å². The van der Waals surface area contributed by atoms with E-state index in [1.54, 1.807) is 24.3 Å². The minimum Gasteiger partial charge on any atom is -0.507 e. The van der Waals surface area contributed by atoms with Crippen LogP contribution in [-0.2, 0) is 0 Å². The molecule has 0 unspecified atom stereocenters. The molecule has 3 heteroatoms. The molecule has 1 aromatic carbocycles. The van der Waals surface area contributed by atoms with Crippen molar-refractivity contribution >= 4 is 22.0 Å². The van der Waals surface area contributed by atoms with Gasteiger partial charge in [0.25, 0.3) is 0 Å². The van der Waals surface area contributed by atoms with E-state index >= 15 is 0 Å². The molecular formula is C9H6BrNO. The molecule has 60 valence electrons. The van der Waals surface area contributed by atoms with Gasteiger partial charge in [-0.05, 0) is 39.7 Å². The number of hydrogen-bond donors (Lipinski definition) is 1. The Morgan fingerprint density at radius 3 is 2.83 bits per heavy atom. The third-order valence-corrected chi connectivity index (χ3v) is 1.96. The van der Waals surface area contributed by atoms with Crippen molar-refractivity contribution in [1.82, 2.24) is 0 Å². The maximum Gasteiger partial charge on any atom is 0.129 e. The summed E-state index contributed by atoms with van der Waals surface area (Å²) in [4.78, 5) is 0. The van der Waals surface area contributed by atoms with Crippen LogP contribution in [0, 0.1) is 11.3 Å². The zero-order valence-corrected chi connectivity index (χ0v) is 7.75. The van der Waals surface area contributed by atoms with Crippen LogP contribution in [0.25, 0.3) is 6.08 Å². The van der Waals surface area contributed by atoms with Crippen LogP contribution in [-0.4, -0.2) is 5.11 Å². The Morgan fingerprint density at radius 1 is 1.50 bits per heavy atom. The topological polar surface area (TPSA) is 44.0 Å². The number of hydrogen-bond acceptors (Lipinski definition) is 2. The van der Waals surface area contributed by atoms with E-state index in [9.17, 15) is 0 Å². The summed E-state index contributed by atoms with van der Waals surface area (Å²) in [5.41, 5.74) is 0.876. The van der Waals surface area contributed by atoms with E-state index in [2.05, 4.69) is 15.9 Å². The highest BCUT2D eigenvalue weighted by molar-refractivity contribution is 9.10. The largest absolute Gasteiger partial charge is 0.507 e. The predicted octanol–water partition coefficient (Wildman–Crippen LogP) is 2.69. The predicted molar refractivity (Wildman–Crippen MR) is 50.5 cm³/mol. The maximum absolute atomic E-state index is 9.13. The number of nitriles is 1. The molecule has 0 radical (unpaired) electrons. The third kappa shape index (κ3) is 2.11. The Morgan fingerprint density at radius 2 is 2.25 bits per heavy atom. The molecule has 0 saturated heterocycles. The summed E-state index contributed by atoms with van der Waals surface area (Å²) in [5, 5.41) is 17.4. The minimum absolute atomic E-state index is 0.198. The lowest BCUT2D eigenvalue weighted by molar-refractivity contribution is 0.472. The summed E-state index contributed by atoms with van der Waals surface area (Å²) in [6, 6.07) is 6.93. The normalized spacial score (nSPS) is 10.0. The van der Waals surface area contributed by atoms with Crippen LogP contribution in [0.1, 0.15) is 5.56 Å². The highest BCUT2D eigenvalue weighted by Crippen LogP contribution is 2.24. The second-order valence-corrected chi connectivity index (χ2v) is 3.03. The summed E-state index contributed by atoms with van der Waals surface area (Å²) in [6.07, 6.45) is 3.06. The molecule has 0 aromatic heterocycles. The number of halogens is 1. The first-order valence-electron chi connectivity index (χ1n) is 3.28. The smallest absolute Gasteiger partial charge is 0.129 e. The summed E-state index contributed by atoms with van der Waals surface area (Å²) in [5.74, 6) is 0.198. The molecule has 0 fully saturated rings. The molecule has 0 spiro atoms. The second-order valence-electron chi connectivity index (χ2n) is 2.17. The molecule has 12 heavy (non-hydrogen) atoms. The summed E-state index contributed by atoms with van der Waals surface area (Å²) >= 11 is 3.17. The highest BCUT2D eigenvalue weighted by atomic mass is 79.9. The second kappa shape index (κ2) is 3.93. The van der Waals surface area contributed by atoms with Gasteiger partial charge in [0.15, 0.2) is 0 Å². The Bertz CT molecular complexity index is 352. The molecule has 0 saturated carbocycles. The van der Waals surface area contributed by atoms with E-state index in [4.69, 9.17) is 10.4 Å². The minimum atomic E-state index is 0.198. The van der Waals surface area contributed by atoms with Crippen molar-refractivity contribution in [1.29, 1.82) is 5.26 Å². The van der Waals surface area contributed by atoms with E-state index < -0.39 is 0 Å². The van der Waals surface area contributed by atoms with E-state index in [0.29, 0.717) is 4.47 Å². The van der Waals surface area contributed by atoms with Gasteiger partial charge >= 0.3 is 0 Å². The lowest BCUT2D eigenvalue weighted by atomic mass is 10.2. The monoisotopic (exact) mass is 223 g/mol.